The van der Waals surface area contributed by atoms with E-state index in [0.717, 1.165) is 23.9 Å². The van der Waals surface area contributed by atoms with E-state index in [9.17, 15) is 4.79 Å². The van der Waals surface area contributed by atoms with Crippen molar-refractivity contribution >= 4 is 22.5 Å². The highest BCUT2D eigenvalue weighted by Crippen LogP contribution is 2.26. The summed E-state index contributed by atoms with van der Waals surface area (Å²) in [5, 5.41) is 1.74. The predicted molar refractivity (Wildman–Crippen MR) is 85.0 cm³/mol. The molecule has 2 atom stereocenters. The highest BCUT2D eigenvalue weighted by atomic mass is 16.2. The third-order valence-electron chi connectivity index (χ3n) is 4.21. The van der Waals surface area contributed by atoms with Gasteiger partial charge in [-0.25, -0.2) is 4.98 Å². The van der Waals surface area contributed by atoms with E-state index in [-0.39, 0.29) is 5.91 Å². The number of piperidine rings is 1. The van der Waals surface area contributed by atoms with Gasteiger partial charge in [-0.3, -0.25) is 4.79 Å². The van der Waals surface area contributed by atoms with Crippen LogP contribution in [0.25, 0.3) is 10.8 Å². The number of hydrogen-bond donors (Lipinski definition) is 1. The summed E-state index contributed by atoms with van der Waals surface area (Å²) in [5.74, 6) is 1.64. The molecule has 0 aliphatic carbocycles. The summed E-state index contributed by atoms with van der Waals surface area (Å²) in [6.07, 6.45) is 2.80. The number of pyridine rings is 1. The van der Waals surface area contributed by atoms with Crippen molar-refractivity contribution in [2.45, 2.75) is 20.3 Å². The van der Waals surface area contributed by atoms with E-state index in [1.54, 1.807) is 6.20 Å². The molecular weight excluding hydrogens is 262 g/mol. The maximum absolute atomic E-state index is 12.9. The van der Waals surface area contributed by atoms with Crippen LogP contribution >= 0.6 is 0 Å². The number of benzene rings is 1. The van der Waals surface area contributed by atoms with Gasteiger partial charge in [0.05, 0.1) is 5.56 Å². The standard InChI is InChI=1S/C17H21N3O/c1-11-7-12(2)10-20(9-11)17(21)15-8-19-16(18)14-6-4-3-5-13(14)15/h3-6,8,11-12H,7,9-10H2,1-2H3,(H2,18,19). The molecule has 1 fully saturated rings. The van der Waals surface area contributed by atoms with Crippen LogP contribution in [0, 0.1) is 11.8 Å². The summed E-state index contributed by atoms with van der Waals surface area (Å²) < 4.78 is 0. The Labute approximate surface area is 125 Å². The quantitative estimate of drug-likeness (QED) is 0.875. The number of fused-ring (bicyclic) bond motifs is 1. The van der Waals surface area contributed by atoms with Crippen molar-refractivity contribution in [3.63, 3.8) is 0 Å². The van der Waals surface area contributed by atoms with Crippen molar-refractivity contribution in [3.8, 4) is 0 Å². The molecule has 2 unspecified atom stereocenters. The number of anilines is 1. The lowest BCUT2D eigenvalue weighted by atomic mass is 9.91. The second-order valence-electron chi connectivity index (χ2n) is 6.26. The predicted octanol–water partition coefficient (Wildman–Crippen LogP) is 2.94. The van der Waals surface area contributed by atoms with Gasteiger partial charge in [-0.1, -0.05) is 38.1 Å². The van der Waals surface area contributed by atoms with E-state index in [0.29, 0.717) is 23.2 Å². The molecule has 4 heteroatoms. The van der Waals surface area contributed by atoms with Crippen LogP contribution in [0.4, 0.5) is 5.82 Å². The fourth-order valence-corrected chi connectivity index (χ4v) is 3.38. The van der Waals surface area contributed by atoms with Crippen LogP contribution in [-0.2, 0) is 0 Å². The van der Waals surface area contributed by atoms with Crippen molar-refractivity contribution in [1.29, 1.82) is 0 Å². The van der Waals surface area contributed by atoms with E-state index in [1.165, 1.54) is 6.42 Å². The van der Waals surface area contributed by atoms with Crippen molar-refractivity contribution < 1.29 is 4.79 Å². The Hall–Kier alpha value is -2.10. The van der Waals surface area contributed by atoms with Crippen LogP contribution in [0.1, 0.15) is 30.6 Å². The van der Waals surface area contributed by atoms with Gasteiger partial charge in [-0.15, -0.1) is 0 Å². The first-order chi connectivity index (χ1) is 10.1. The number of aromatic nitrogens is 1. The van der Waals surface area contributed by atoms with Gasteiger partial charge in [0.1, 0.15) is 5.82 Å². The summed E-state index contributed by atoms with van der Waals surface area (Å²) in [6, 6.07) is 7.70. The van der Waals surface area contributed by atoms with Gasteiger partial charge in [0.25, 0.3) is 5.91 Å². The average molecular weight is 283 g/mol. The molecular formula is C17H21N3O. The van der Waals surface area contributed by atoms with Gasteiger partial charge >= 0.3 is 0 Å². The van der Waals surface area contributed by atoms with Gasteiger partial charge in [0.2, 0.25) is 0 Å². The van der Waals surface area contributed by atoms with Gasteiger partial charge < -0.3 is 10.6 Å². The molecule has 0 spiro atoms. The van der Waals surface area contributed by atoms with Crippen molar-refractivity contribution in [2.24, 2.45) is 11.8 Å². The number of carbonyl (C=O) groups is 1. The van der Waals surface area contributed by atoms with Crippen molar-refractivity contribution in [1.82, 2.24) is 9.88 Å². The highest BCUT2D eigenvalue weighted by molar-refractivity contribution is 6.08. The maximum atomic E-state index is 12.9. The van der Waals surface area contributed by atoms with Crippen LogP contribution in [0.5, 0.6) is 0 Å². The van der Waals surface area contributed by atoms with Crippen LogP contribution < -0.4 is 5.73 Å². The lowest BCUT2D eigenvalue weighted by molar-refractivity contribution is 0.0625. The summed E-state index contributed by atoms with van der Waals surface area (Å²) in [4.78, 5) is 19.0. The normalized spacial score (nSPS) is 22.5. The Bertz CT molecular complexity index is 673. The number of nitrogens with two attached hydrogens (primary N) is 1. The molecule has 1 aliphatic heterocycles. The van der Waals surface area contributed by atoms with Gasteiger partial charge in [-0.05, 0) is 23.6 Å². The molecule has 21 heavy (non-hydrogen) atoms. The van der Waals surface area contributed by atoms with E-state index in [2.05, 4.69) is 18.8 Å². The van der Waals surface area contributed by atoms with Gasteiger partial charge in [-0.2, -0.15) is 0 Å². The summed E-state index contributed by atoms with van der Waals surface area (Å²) in [7, 11) is 0. The van der Waals surface area contributed by atoms with Crippen LogP contribution in [0.15, 0.2) is 30.5 Å². The monoisotopic (exact) mass is 283 g/mol. The minimum absolute atomic E-state index is 0.0668. The number of hydrogen-bond acceptors (Lipinski definition) is 3. The Balaban J connectivity index is 2.00. The number of amides is 1. The van der Waals surface area contributed by atoms with Crippen LogP contribution in [0.2, 0.25) is 0 Å². The summed E-state index contributed by atoms with van der Waals surface area (Å²) in [5.41, 5.74) is 6.57. The summed E-state index contributed by atoms with van der Waals surface area (Å²) >= 11 is 0. The molecule has 2 aromatic rings. The zero-order valence-corrected chi connectivity index (χ0v) is 12.5. The maximum Gasteiger partial charge on any atom is 0.256 e. The minimum atomic E-state index is 0.0668. The molecule has 2 heterocycles. The Kier molecular flexibility index (Phi) is 3.53. The van der Waals surface area contributed by atoms with E-state index in [1.807, 2.05) is 29.2 Å². The molecule has 1 aromatic heterocycles. The van der Waals surface area contributed by atoms with Gasteiger partial charge in [0, 0.05) is 24.7 Å². The molecule has 0 radical (unpaired) electrons. The fraction of sp³-hybridized carbons (Fsp3) is 0.412. The van der Waals surface area contributed by atoms with Crippen LogP contribution in [0.3, 0.4) is 0 Å². The molecule has 1 aromatic carbocycles. The van der Waals surface area contributed by atoms with Gasteiger partial charge in [0.15, 0.2) is 0 Å². The van der Waals surface area contributed by atoms with E-state index < -0.39 is 0 Å². The average Bonchev–Trinajstić information content (AvgIpc) is 2.46. The third kappa shape index (κ3) is 2.58. The first-order valence-corrected chi connectivity index (χ1v) is 7.48. The Morgan fingerprint density at radius 2 is 1.81 bits per heavy atom. The molecule has 1 saturated heterocycles. The zero-order valence-electron chi connectivity index (χ0n) is 12.5. The van der Waals surface area contributed by atoms with Crippen molar-refractivity contribution in [2.75, 3.05) is 18.8 Å². The third-order valence-corrected chi connectivity index (χ3v) is 4.21. The Morgan fingerprint density at radius 3 is 2.48 bits per heavy atom. The number of nitrogens with zero attached hydrogens (tertiary/aromatic N) is 2. The Morgan fingerprint density at radius 1 is 1.19 bits per heavy atom. The number of likely N-dealkylation sites (tertiary alicyclic amines) is 1. The second-order valence-corrected chi connectivity index (χ2v) is 6.26. The molecule has 0 saturated carbocycles. The van der Waals surface area contributed by atoms with Crippen LogP contribution in [-0.4, -0.2) is 28.9 Å². The topological polar surface area (TPSA) is 59.2 Å². The highest BCUT2D eigenvalue weighted by Gasteiger charge is 2.27. The number of rotatable bonds is 1. The second kappa shape index (κ2) is 5.35. The lowest BCUT2D eigenvalue weighted by Gasteiger charge is -2.35. The molecule has 4 nitrogen and oxygen atoms in total. The number of nitrogen functional groups attached to an aromatic ring is 1. The molecule has 110 valence electrons. The fourth-order valence-electron chi connectivity index (χ4n) is 3.38. The number of carbonyl (C=O) groups excluding carboxylic acids is 1. The molecule has 1 amide bonds. The first-order valence-electron chi connectivity index (χ1n) is 7.48. The minimum Gasteiger partial charge on any atom is -0.383 e. The SMILES string of the molecule is CC1CC(C)CN(C(=O)c2cnc(N)c3ccccc23)C1. The smallest absolute Gasteiger partial charge is 0.256 e. The lowest BCUT2D eigenvalue weighted by Crippen LogP contribution is -2.42. The molecule has 1 aliphatic rings. The van der Waals surface area contributed by atoms with E-state index >= 15 is 0 Å². The first kappa shape index (κ1) is 13.9. The van der Waals surface area contributed by atoms with E-state index in [4.69, 9.17) is 5.73 Å². The zero-order chi connectivity index (χ0) is 15.0. The molecule has 3 rings (SSSR count). The molecule has 2 N–H and O–H groups in total. The largest absolute Gasteiger partial charge is 0.383 e. The molecule has 0 bridgehead atoms. The van der Waals surface area contributed by atoms with Crippen molar-refractivity contribution in [3.05, 3.63) is 36.0 Å². The summed E-state index contributed by atoms with van der Waals surface area (Å²) in [6.45, 7) is 6.05.